The minimum absolute atomic E-state index is 0.0937. The highest BCUT2D eigenvalue weighted by Gasteiger charge is 2.37. The van der Waals surface area contributed by atoms with Gasteiger partial charge in [0.1, 0.15) is 0 Å². The molecule has 0 bridgehead atoms. The summed E-state index contributed by atoms with van der Waals surface area (Å²) in [5.74, 6) is -0.279. The minimum Gasteiger partial charge on any atom is -0.346 e. The number of rotatable bonds is 8. The van der Waals surface area contributed by atoms with E-state index in [2.05, 4.69) is 10.6 Å². The molecule has 0 radical (unpaired) electrons. The fourth-order valence-corrected chi connectivity index (χ4v) is 5.77. The lowest BCUT2D eigenvalue weighted by Crippen LogP contribution is -2.46. The van der Waals surface area contributed by atoms with Crippen LogP contribution in [0.2, 0.25) is 0 Å². The van der Waals surface area contributed by atoms with Crippen molar-refractivity contribution in [3.8, 4) is 0 Å². The van der Waals surface area contributed by atoms with Crippen LogP contribution < -0.4 is 10.6 Å². The summed E-state index contributed by atoms with van der Waals surface area (Å²) >= 11 is 3.56. The van der Waals surface area contributed by atoms with Gasteiger partial charge in [-0.25, -0.2) is 0 Å². The summed E-state index contributed by atoms with van der Waals surface area (Å²) in [5.41, 5.74) is -1.67. The summed E-state index contributed by atoms with van der Waals surface area (Å²) in [6, 6.07) is 11.0. The normalized spacial score (nSPS) is 12.3. The number of anilines is 1. The van der Waals surface area contributed by atoms with E-state index in [9.17, 15) is 35.9 Å². The van der Waals surface area contributed by atoms with Crippen LogP contribution in [0.3, 0.4) is 0 Å². The molecule has 2 amide bonds. The van der Waals surface area contributed by atoms with E-state index in [-0.39, 0.29) is 29.2 Å². The average molecular weight is 709 g/mol. The van der Waals surface area contributed by atoms with Crippen molar-refractivity contribution in [1.29, 1.82) is 0 Å². The molecule has 0 aromatic heterocycles. The van der Waals surface area contributed by atoms with Crippen LogP contribution in [0.5, 0.6) is 0 Å². The maximum atomic E-state index is 13.3. The van der Waals surface area contributed by atoms with Gasteiger partial charge in [0.25, 0.3) is 11.8 Å². The zero-order valence-electron chi connectivity index (χ0n) is 22.5. The summed E-state index contributed by atoms with van der Waals surface area (Å²) in [4.78, 5) is 26.4. The van der Waals surface area contributed by atoms with E-state index in [1.54, 1.807) is 36.9 Å². The Labute approximate surface area is 251 Å². The first-order valence-electron chi connectivity index (χ1n) is 12.2. The van der Waals surface area contributed by atoms with Gasteiger partial charge in [0, 0.05) is 20.5 Å². The molecule has 0 fully saturated rings. The van der Waals surface area contributed by atoms with Gasteiger partial charge in [-0.1, -0.05) is 18.2 Å². The minimum atomic E-state index is -4.93. The molecule has 0 heterocycles. The van der Waals surface area contributed by atoms with Crippen molar-refractivity contribution in [3.63, 3.8) is 0 Å². The van der Waals surface area contributed by atoms with E-state index < -0.39 is 40.8 Å². The lowest BCUT2D eigenvalue weighted by atomic mass is 9.97. The second-order valence-corrected chi connectivity index (χ2v) is 12.2. The molecule has 12 heteroatoms. The van der Waals surface area contributed by atoms with Crippen molar-refractivity contribution in [1.82, 2.24) is 5.32 Å². The van der Waals surface area contributed by atoms with Gasteiger partial charge in [-0.2, -0.15) is 38.1 Å². The molecule has 3 rings (SSSR count). The smallest absolute Gasteiger partial charge is 0.346 e. The predicted octanol–water partition coefficient (Wildman–Crippen LogP) is 8.35. The van der Waals surface area contributed by atoms with Crippen LogP contribution in [0.1, 0.15) is 62.4 Å². The lowest BCUT2D eigenvalue weighted by Gasteiger charge is -2.26. The summed E-state index contributed by atoms with van der Waals surface area (Å²) < 4.78 is 80.0. The van der Waals surface area contributed by atoms with Crippen molar-refractivity contribution < 1.29 is 35.9 Å². The fourth-order valence-electron chi connectivity index (χ4n) is 4.23. The molecule has 4 nitrogen and oxygen atoms in total. The fraction of sp³-hybridized carbons (Fsp3) is 0.310. The van der Waals surface area contributed by atoms with Gasteiger partial charge in [0.05, 0.1) is 22.3 Å². The van der Waals surface area contributed by atoms with Gasteiger partial charge < -0.3 is 10.6 Å². The molecular formula is C29H27F6IN2O2S. The van der Waals surface area contributed by atoms with Gasteiger partial charge >= 0.3 is 12.4 Å². The Morgan fingerprint density at radius 1 is 0.854 bits per heavy atom. The first kappa shape index (κ1) is 32.8. The summed E-state index contributed by atoms with van der Waals surface area (Å²) in [5, 5.41) is 5.72. The lowest BCUT2D eigenvalue weighted by molar-refractivity contribution is -0.143. The maximum absolute atomic E-state index is 13.3. The number of thioether (sulfide) groups is 1. The summed E-state index contributed by atoms with van der Waals surface area (Å²) in [6.07, 6.45) is -8.13. The highest BCUT2D eigenvalue weighted by molar-refractivity contribution is 14.1. The standard InChI is InChI=1S/C29H27F6IN2O2S/c1-16-10-17(11-18-12-19(28(30,31)32)14-20(13-18)29(33,34)35)8-9-23(16)37-25(39)21-6-5-7-22(36)24(21)26(40)38-27(2,3)15-41-4/h5-10,12-14H,11,15H2,1-4H3,(H,37,39)(H,38,40). The van der Waals surface area contributed by atoms with E-state index in [1.165, 1.54) is 18.2 Å². The first-order chi connectivity index (χ1) is 18.9. The second kappa shape index (κ2) is 12.6. The molecule has 0 saturated heterocycles. The Morgan fingerprint density at radius 3 is 2.00 bits per heavy atom. The van der Waals surface area contributed by atoms with E-state index in [4.69, 9.17) is 0 Å². The third-order valence-corrected chi connectivity index (χ3v) is 7.95. The highest BCUT2D eigenvalue weighted by atomic mass is 127. The van der Waals surface area contributed by atoms with Crippen molar-refractivity contribution in [3.05, 3.63) is 97.1 Å². The van der Waals surface area contributed by atoms with Crippen LogP contribution in [0.15, 0.2) is 54.6 Å². The summed E-state index contributed by atoms with van der Waals surface area (Å²) in [6.45, 7) is 5.41. The molecule has 0 saturated carbocycles. The van der Waals surface area contributed by atoms with Crippen molar-refractivity contribution in [2.45, 2.75) is 45.1 Å². The third kappa shape index (κ3) is 8.63. The molecule has 41 heavy (non-hydrogen) atoms. The number of carbonyl (C=O) groups is 2. The molecule has 0 spiro atoms. The van der Waals surface area contributed by atoms with Crippen molar-refractivity contribution >= 4 is 51.9 Å². The van der Waals surface area contributed by atoms with Crippen molar-refractivity contribution in [2.75, 3.05) is 17.3 Å². The van der Waals surface area contributed by atoms with Crippen LogP contribution >= 0.6 is 34.4 Å². The number of nitrogens with one attached hydrogen (secondary N) is 2. The Morgan fingerprint density at radius 2 is 1.46 bits per heavy atom. The van der Waals surface area contributed by atoms with Gasteiger partial charge in [-0.15, -0.1) is 0 Å². The molecule has 3 aromatic rings. The average Bonchev–Trinajstić information content (AvgIpc) is 2.83. The number of aryl methyl sites for hydroxylation is 1. The topological polar surface area (TPSA) is 58.2 Å². The molecule has 0 aliphatic heterocycles. The predicted molar refractivity (Wildman–Crippen MR) is 157 cm³/mol. The number of alkyl halides is 6. The van der Waals surface area contributed by atoms with E-state index in [0.717, 1.165) is 0 Å². The van der Waals surface area contributed by atoms with Crippen LogP contribution in [-0.4, -0.2) is 29.4 Å². The van der Waals surface area contributed by atoms with E-state index in [0.29, 0.717) is 38.3 Å². The number of carbonyl (C=O) groups excluding carboxylic acids is 2. The SMILES string of the molecule is CSCC(C)(C)NC(=O)c1c(I)cccc1C(=O)Nc1ccc(Cc2cc(C(F)(F)F)cc(C(F)(F)F)c2)cc1C. The van der Waals surface area contributed by atoms with Crippen LogP contribution in [0.4, 0.5) is 32.0 Å². The van der Waals surface area contributed by atoms with E-state index >= 15 is 0 Å². The number of amides is 2. The quantitative estimate of drug-likeness (QED) is 0.183. The molecule has 220 valence electrons. The molecule has 2 N–H and O–H groups in total. The molecule has 3 aromatic carbocycles. The largest absolute Gasteiger partial charge is 0.416 e. The Bertz CT molecular complexity index is 1420. The Hall–Kier alpha value is -2.74. The van der Waals surface area contributed by atoms with Gasteiger partial charge in [0.2, 0.25) is 0 Å². The van der Waals surface area contributed by atoms with Gasteiger partial charge in [-0.3, -0.25) is 9.59 Å². The number of hydrogen-bond donors (Lipinski definition) is 2. The molecular weight excluding hydrogens is 681 g/mol. The van der Waals surface area contributed by atoms with Crippen molar-refractivity contribution in [2.24, 2.45) is 0 Å². The van der Waals surface area contributed by atoms with Gasteiger partial charge in [-0.05, 0) is 109 Å². The Kier molecular flexibility index (Phi) is 10.1. The Balaban J connectivity index is 1.86. The van der Waals surface area contributed by atoms with Gasteiger partial charge in [0.15, 0.2) is 0 Å². The van der Waals surface area contributed by atoms with Crippen LogP contribution in [0, 0.1) is 10.5 Å². The number of hydrogen-bond acceptors (Lipinski definition) is 3. The third-order valence-electron chi connectivity index (χ3n) is 6.04. The van der Waals surface area contributed by atoms with Crippen LogP contribution in [-0.2, 0) is 18.8 Å². The molecule has 0 atom stereocenters. The zero-order chi connectivity index (χ0) is 30.8. The highest BCUT2D eigenvalue weighted by Crippen LogP contribution is 2.37. The van der Waals surface area contributed by atoms with E-state index in [1.807, 2.05) is 42.7 Å². The summed E-state index contributed by atoms with van der Waals surface area (Å²) in [7, 11) is 0. The molecule has 0 aliphatic rings. The monoisotopic (exact) mass is 708 g/mol. The zero-order valence-corrected chi connectivity index (χ0v) is 25.5. The number of halogens is 7. The molecule has 0 unspecified atom stereocenters. The van der Waals surface area contributed by atoms with Crippen LogP contribution in [0.25, 0.3) is 0 Å². The molecule has 0 aliphatic carbocycles. The first-order valence-corrected chi connectivity index (χ1v) is 14.7. The number of benzene rings is 3. The second-order valence-electron chi connectivity index (χ2n) is 10.1. The maximum Gasteiger partial charge on any atom is 0.416 e.